The van der Waals surface area contributed by atoms with E-state index >= 15 is 0 Å². The SMILES string of the molecule is CCCCSc1nc2n(n1)C(c1cccc(O)c1)C(C(=O)Nc1ccc(C)cc1)=C(C)N2. The summed E-state index contributed by atoms with van der Waals surface area (Å²) in [6, 6.07) is 14.1. The number of nitrogens with one attached hydrogen (secondary N) is 2. The average molecular weight is 450 g/mol. The fraction of sp³-hybridized carbons (Fsp3) is 0.292. The first-order chi connectivity index (χ1) is 15.5. The number of nitrogens with zero attached hydrogens (tertiary/aromatic N) is 3. The number of hydrogen-bond donors (Lipinski definition) is 3. The Morgan fingerprint density at radius 1 is 1.22 bits per heavy atom. The molecule has 1 amide bonds. The summed E-state index contributed by atoms with van der Waals surface area (Å²) in [5.41, 5.74) is 3.83. The van der Waals surface area contributed by atoms with Gasteiger partial charge in [-0.05, 0) is 50.1 Å². The molecule has 1 aromatic heterocycles. The Labute approximate surface area is 192 Å². The van der Waals surface area contributed by atoms with Gasteiger partial charge in [0.1, 0.15) is 11.8 Å². The van der Waals surface area contributed by atoms with E-state index < -0.39 is 6.04 Å². The first-order valence-corrected chi connectivity index (χ1v) is 11.7. The van der Waals surface area contributed by atoms with E-state index in [2.05, 4.69) is 22.5 Å². The van der Waals surface area contributed by atoms with Gasteiger partial charge in [-0.2, -0.15) is 4.98 Å². The molecule has 32 heavy (non-hydrogen) atoms. The number of aromatic nitrogens is 3. The predicted octanol–water partition coefficient (Wildman–Crippen LogP) is 5.11. The lowest BCUT2D eigenvalue weighted by Crippen LogP contribution is -2.31. The fourth-order valence-electron chi connectivity index (χ4n) is 3.63. The average Bonchev–Trinajstić information content (AvgIpc) is 3.16. The standard InChI is InChI=1S/C24H27N5O2S/c1-4-5-13-32-24-27-23-25-16(3)20(22(31)26-18-11-9-15(2)10-12-18)21(29(23)28-24)17-7-6-8-19(30)14-17/h6-12,14,21,30H,4-5,13H2,1-3H3,(H,26,31)(H,25,27,28). The summed E-state index contributed by atoms with van der Waals surface area (Å²) in [7, 11) is 0. The molecule has 1 atom stereocenters. The Bertz CT molecular complexity index is 1150. The van der Waals surface area contributed by atoms with E-state index in [0.717, 1.165) is 35.4 Å². The lowest BCUT2D eigenvalue weighted by Gasteiger charge is -2.28. The highest BCUT2D eigenvalue weighted by molar-refractivity contribution is 7.99. The number of phenols is 1. The zero-order valence-electron chi connectivity index (χ0n) is 18.4. The van der Waals surface area contributed by atoms with E-state index in [9.17, 15) is 9.90 Å². The Kier molecular flexibility index (Phi) is 6.50. The molecule has 0 radical (unpaired) electrons. The molecule has 0 fully saturated rings. The number of phenolic OH excluding ortho intramolecular Hbond substituents is 1. The van der Waals surface area contributed by atoms with Crippen molar-refractivity contribution >= 4 is 29.3 Å². The summed E-state index contributed by atoms with van der Waals surface area (Å²) in [6.07, 6.45) is 2.19. The molecule has 0 spiro atoms. The Morgan fingerprint density at radius 2 is 2.00 bits per heavy atom. The topological polar surface area (TPSA) is 92.1 Å². The summed E-state index contributed by atoms with van der Waals surface area (Å²) in [4.78, 5) is 18.1. The van der Waals surface area contributed by atoms with E-state index in [0.29, 0.717) is 22.4 Å². The maximum atomic E-state index is 13.4. The summed E-state index contributed by atoms with van der Waals surface area (Å²) < 4.78 is 1.74. The maximum absolute atomic E-state index is 13.4. The summed E-state index contributed by atoms with van der Waals surface area (Å²) >= 11 is 1.60. The zero-order valence-corrected chi connectivity index (χ0v) is 19.2. The number of aryl methyl sites for hydroxylation is 1. The van der Waals surface area contributed by atoms with Crippen molar-refractivity contribution in [1.82, 2.24) is 14.8 Å². The lowest BCUT2D eigenvalue weighted by molar-refractivity contribution is -0.113. The molecule has 0 saturated heterocycles. The number of thioether (sulfide) groups is 1. The molecule has 2 aromatic carbocycles. The first kappa shape index (κ1) is 22.0. The van der Waals surface area contributed by atoms with Crippen LogP contribution in [-0.4, -0.2) is 31.5 Å². The number of unbranched alkanes of at least 4 members (excludes halogenated alkanes) is 1. The van der Waals surface area contributed by atoms with Crippen LogP contribution in [0.4, 0.5) is 11.6 Å². The number of aromatic hydroxyl groups is 1. The third-order valence-corrected chi connectivity index (χ3v) is 6.23. The van der Waals surface area contributed by atoms with Crippen LogP contribution in [0.1, 0.15) is 43.9 Å². The third kappa shape index (κ3) is 4.65. The van der Waals surface area contributed by atoms with Crippen LogP contribution < -0.4 is 10.6 Å². The molecule has 2 heterocycles. The molecule has 4 rings (SSSR count). The van der Waals surface area contributed by atoms with E-state index in [-0.39, 0.29) is 11.7 Å². The minimum absolute atomic E-state index is 0.135. The number of hydrogen-bond acceptors (Lipinski definition) is 6. The van der Waals surface area contributed by atoms with Crippen LogP contribution >= 0.6 is 11.8 Å². The number of amides is 1. The minimum Gasteiger partial charge on any atom is -0.508 e. The Morgan fingerprint density at radius 3 is 2.72 bits per heavy atom. The van der Waals surface area contributed by atoms with Crippen molar-refractivity contribution in [2.45, 2.75) is 44.8 Å². The molecule has 0 bridgehead atoms. The molecule has 1 unspecified atom stereocenters. The quantitative estimate of drug-likeness (QED) is 0.343. The van der Waals surface area contributed by atoms with Crippen molar-refractivity contribution in [3.63, 3.8) is 0 Å². The molecule has 166 valence electrons. The van der Waals surface area contributed by atoms with Crippen LogP contribution in [0.25, 0.3) is 0 Å². The zero-order chi connectivity index (χ0) is 22.7. The van der Waals surface area contributed by atoms with Gasteiger partial charge in [0.25, 0.3) is 5.91 Å². The van der Waals surface area contributed by atoms with Gasteiger partial charge in [-0.25, -0.2) is 4.68 Å². The number of carbonyl (C=O) groups is 1. The summed E-state index contributed by atoms with van der Waals surface area (Å²) in [5.74, 6) is 1.43. The first-order valence-electron chi connectivity index (χ1n) is 10.7. The normalized spacial score (nSPS) is 15.3. The van der Waals surface area contributed by atoms with Crippen molar-refractivity contribution in [1.29, 1.82) is 0 Å². The smallest absolute Gasteiger partial charge is 0.255 e. The van der Waals surface area contributed by atoms with E-state index in [1.807, 2.05) is 44.2 Å². The van der Waals surface area contributed by atoms with Crippen LogP contribution in [0.2, 0.25) is 0 Å². The second-order valence-electron chi connectivity index (χ2n) is 7.85. The third-order valence-electron chi connectivity index (χ3n) is 5.30. The molecule has 3 N–H and O–H groups in total. The number of carbonyl (C=O) groups excluding carboxylic acids is 1. The maximum Gasteiger partial charge on any atom is 0.255 e. The van der Waals surface area contributed by atoms with Crippen LogP contribution in [0.15, 0.2) is 65.0 Å². The van der Waals surface area contributed by atoms with Gasteiger partial charge >= 0.3 is 0 Å². The number of benzene rings is 2. The van der Waals surface area contributed by atoms with Gasteiger partial charge < -0.3 is 15.7 Å². The highest BCUT2D eigenvalue weighted by atomic mass is 32.2. The predicted molar refractivity (Wildman–Crippen MR) is 128 cm³/mol. The van der Waals surface area contributed by atoms with Crippen molar-refractivity contribution in [2.24, 2.45) is 0 Å². The monoisotopic (exact) mass is 449 g/mol. The molecule has 1 aliphatic rings. The van der Waals surface area contributed by atoms with Gasteiger partial charge in [0, 0.05) is 17.1 Å². The summed E-state index contributed by atoms with van der Waals surface area (Å²) in [6.45, 7) is 6.02. The number of anilines is 2. The molecular formula is C24H27N5O2S. The summed E-state index contributed by atoms with van der Waals surface area (Å²) in [5, 5.41) is 21.7. The number of rotatable bonds is 7. The molecular weight excluding hydrogens is 422 g/mol. The van der Waals surface area contributed by atoms with Crippen molar-refractivity contribution in [3.8, 4) is 5.75 Å². The van der Waals surface area contributed by atoms with Gasteiger partial charge in [-0.1, -0.05) is 54.9 Å². The van der Waals surface area contributed by atoms with Gasteiger partial charge in [-0.15, -0.1) is 5.10 Å². The molecule has 8 heteroatoms. The van der Waals surface area contributed by atoms with Crippen LogP contribution in [0.5, 0.6) is 5.75 Å². The van der Waals surface area contributed by atoms with Gasteiger partial charge in [-0.3, -0.25) is 4.79 Å². The van der Waals surface area contributed by atoms with Crippen molar-refractivity contribution in [3.05, 3.63) is 70.9 Å². The molecule has 0 saturated carbocycles. The van der Waals surface area contributed by atoms with Crippen LogP contribution in [0.3, 0.4) is 0 Å². The number of fused-ring (bicyclic) bond motifs is 1. The van der Waals surface area contributed by atoms with E-state index in [4.69, 9.17) is 5.10 Å². The highest BCUT2D eigenvalue weighted by Crippen LogP contribution is 2.37. The molecule has 1 aliphatic heterocycles. The van der Waals surface area contributed by atoms with E-state index in [1.54, 1.807) is 34.6 Å². The van der Waals surface area contributed by atoms with Crippen molar-refractivity contribution in [2.75, 3.05) is 16.4 Å². The largest absolute Gasteiger partial charge is 0.508 e. The number of allylic oxidation sites excluding steroid dienone is 1. The molecule has 0 aliphatic carbocycles. The second kappa shape index (κ2) is 9.48. The van der Waals surface area contributed by atoms with E-state index in [1.165, 1.54) is 0 Å². The van der Waals surface area contributed by atoms with Crippen molar-refractivity contribution < 1.29 is 9.90 Å². The van der Waals surface area contributed by atoms with Crippen LogP contribution in [-0.2, 0) is 4.79 Å². The molecule has 7 nitrogen and oxygen atoms in total. The van der Waals surface area contributed by atoms with Gasteiger partial charge in [0.15, 0.2) is 0 Å². The van der Waals surface area contributed by atoms with Gasteiger partial charge in [0.05, 0.1) is 5.57 Å². The van der Waals surface area contributed by atoms with Crippen LogP contribution in [0, 0.1) is 6.92 Å². The fourth-order valence-corrected chi connectivity index (χ4v) is 4.55. The molecule has 3 aromatic rings. The lowest BCUT2D eigenvalue weighted by atomic mass is 9.95. The second-order valence-corrected chi connectivity index (χ2v) is 8.91. The Balaban J connectivity index is 1.72. The Hall–Kier alpha value is -3.26. The van der Waals surface area contributed by atoms with Gasteiger partial charge in [0.2, 0.25) is 11.1 Å². The highest BCUT2D eigenvalue weighted by Gasteiger charge is 2.34. The minimum atomic E-state index is -0.517.